The average Bonchev–Trinajstić information content (AvgIpc) is 2.90. The third kappa shape index (κ3) is 5.67. The molecule has 3 amide bonds. The average molecular weight is 491 g/mol. The van der Waals surface area contributed by atoms with E-state index in [9.17, 15) is 9.59 Å². The zero-order valence-electron chi connectivity index (χ0n) is 21.5. The summed E-state index contributed by atoms with van der Waals surface area (Å²) in [5.41, 5.74) is 3.29. The van der Waals surface area contributed by atoms with Gasteiger partial charge in [-0.1, -0.05) is 36.4 Å². The van der Waals surface area contributed by atoms with E-state index >= 15 is 0 Å². The predicted octanol–water partition coefficient (Wildman–Crippen LogP) is 4.20. The molecule has 3 aliphatic heterocycles. The highest BCUT2D eigenvalue weighted by atomic mass is 16.5. The summed E-state index contributed by atoms with van der Waals surface area (Å²) in [5.74, 6) is 0.899. The molecule has 192 valence electrons. The van der Waals surface area contributed by atoms with Gasteiger partial charge < -0.3 is 15.0 Å². The van der Waals surface area contributed by atoms with E-state index in [1.807, 2.05) is 41.8 Å². The minimum Gasteiger partial charge on any atom is -0.487 e. The van der Waals surface area contributed by atoms with Gasteiger partial charge in [-0.3, -0.25) is 14.6 Å². The molecule has 3 aliphatic rings. The number of ether oxygens (including phenoxy) is 1. The number of urea groups is 1. The standard InChI is InChI=1S/C29H38N4O3/c1-21-8-9-27-26(18-21)33(19-22(2)36-27)29(35)32-16-10-24(11-17-32)28(34)30-25-12-14-31(15-13-25)20-23-6-4-3-5-7-23/h3-9,18,22,24-25H,10-17,19-20H2,1-2H3,(H,30,34)/t22-/m0/s1. The van der Waals surface area contributed by atoms with E-state index in [0.29, 0.717) is 32.5 Å². The summed E-state index contributed by atoms with van der Waals surface area (Å²) in [5, 5.41) is 3.31. The van der Waals surface area contributed by atoms with Gasteiger partial charge >= 0.3 is 6.03 Å². The molecule has 5 rings (SSSR count). The molecule has 3 heterocycles. The topological polar surface area (TPSA) is 65.1 Å². The number of piperidine rings is 2. The van der Waals surface area contributed by atoms with Crippen LogP contribution in [0.4, 0.5) is 10.5 Å². The Morgan fingerprint density at radius 3 is 2.42 bits per heavy atom. The summed E-state index contributed by atoms with van der Waals surface area (Å²) in [7, 11) is 0. The number of hydrogen-bond donors (Lipinski definition) is 1. The Hall–Kier alpha value is -3.06. The van der Waals surface area contributed by atoms with E-state index in [2.05, 4.69) is 40.5 Å². The number of nitrogens with zero attached hydrogens (tertiary/aromatic N) is 3. The van der Waals surface area contributed by atoms with Crippen molar-refractivity contribution in [1.82, 2.24) is 15.1 Å². The highest BCUT2D eigenvalue weighted by Gasteiger charge is 2.34. The number of hydrogen-bond acceptors (Lipinski definition) is 4. The van der Waals surface area contributed by atoms with Crippen molar-refractivity contribution in [3.8, 4) is 5.75 Å². The van der Waals surface area contributed by atoms with Gasteiger partial charge in [-0.15, -0.1) is 0 Å². The van der Waals surface area contributed by atoms with Crippen LogP contribution in [0.2, 0.25) is 0 Å². The number of anilines is 1. The molecular weight excluding hydrogens is 452 g/mol. The van der Waals surface area contributed by atoms with Crippen molar-refractivity contribution in [2.75, 3.05) is 37.6 Å². The lowest BCUT2D eigenvalue weighted by atomic mass is 9.94. The number of aryl methyl sites for hydroxylation is 1. The number of carbonyl (C=O) groups is 2. The van der Waals surface area contributed by atoms with Crippen LogP contribution in [0, 0.1) is 12.8 Å². The van der Waals surface area contributed by atoms with Gasteiger partial charge in [-0.05, 0) is 62.8 Å². The van der Waals surface area contributed by atoms with E-state index in [4.69, 9.17) is 4.74 Å². The second-order valence-corrected chi connectivity index (χ2v) is 10.6. The summed E-state index contributed by atoms with van der Waals surface area (Å²) < 4.78 is 5.94. The first-order valence-electron chi connectivity index (χ1n) is 13.4. The second-order valence-electron chi connectivity index (χ2n) is 10.6. The van der Waals surface area contributed by atoms with Gasteiger partial charge in [0.05, 0.1) is 12.2 Å². The Morgan fingerprint density at radius 2 is 1.69 bits per heavy atom. The molecule has 36 heavy (non-hydrogen) atoms. The molecule has 1 atom stereocenters. The first kappa shape index (κ1) is 24.6. The summed E-state index contributed by atoms with van der Waals surface area (Å²) >= 11 is 0. The van der Waals surface area contributed by atoms with Crippen molar-refractivity contribution >= 4 is 17.6 Å². The number of carbonyl (C=O) groups excluding carboxylic acids is 2. The minimum atomic E-state index is -0.0495. The molecule has 0 spiro atoms. The highest BCUT2D eigenvalue weighted by Crippen LogP contribution is 2.35. The first-order chi connectivity index (χ1) is 17.5. The largest absolute Gasteiger partial charge is 0.487 e. The zero-order valence-corrected chi connectivity index (χ0v) is 21.5. The van der Waals surface area contributed by atoms with E-state index in [-0.39, 0.29) is 30.0 Å². The Bertz CT molecular complexity index is 1060. The van der Waals surface area contributed by atoms with Gasteiger partial charge in [-0.25, -0.2) is 4.79 Å². The normalized spacial score (nSPS) is 21.6. The van der Waals surface area contributed by atoms with Crippen LogP contribution < -0.4 is 15.0 Å². The zero-order chi connectivity index (χ0) is 25.1. The lowest BCUT2D eigenvalue weighted by Gasteiger charge is -2.39. The molecule has 2 saturated heterocycles. The van der Waals surface area contributed by atoms with E-state index in [1.165, 1.54) is 5.56 Å². The van der Waals surface area contributed by atoms with Crippen LogP contribution in [0.25, 0.3) is 0 Å². The smallest absolute Gasteiger partial charge is 0.324 e. The van der Waals surface area contributed by atoms with Gasteiger partial charge in [0.2, 0.25) is 5.91 Å². The number of nitrogens with one attached hydrogen (secondary N) is 1. The lowest BCUT2D eigenvalue weighted by Crippen LogP contribution is -2.52. The maximum Gasteiger partial charge on any atom is 0.324 e. The van der Waals surface area contributed by atoms with Crippen molar-refractivity contribution in [3.63, 3.8) is 0 Å². The number of fused-ring (bicyclic) bond motifs is 1. The van der Waals surface area contributed by atoms with E-state index in [0.717, 1.165) is 49.5 Å². The fourth-order valence-electron chi connectivity index (χ4n) is 5.63. The van der Waals surface area contributed by atoms with Gasteiger partial charge in [0.15, 0.2) is 0 Å². The molecule has 7 heteroatoms. The second kappa shape index (κ2) is 10.9. The molecule has 0 aliphatic carbocycles. The first-order valence-corrected chi connectivity index (χ1v) is 13.4. The molecule has 2 aromatic carbocycles. The van der Waals surface area contributed by atoms with Crippen molar-refractivity contribution in [2.45, 2.75) is 58.2 Å². The van der Waals surface area contributed by atoms with E-state index < -0.39 is 0 Å². The number of rotatable bonds is 4. The fourth-order valence-corrected chi connectivity index (χ4v) is 5.63. The molecule has 0 saturated carbocycles. The van der Waals surface area contributed by atoms with Gasteiger partial charge in [-0.2, -0.15) is 0 Å². The molecule has 0 radical (unpaired) electrons. The van der Waals surface area contributed by atoms with Crippen LogP contribution >= 0.6 is 0 Å². The maximum absolute atomic E-state index is 13.4. The SMILES string of the molecule is Cc1ccc2c(c1)N(C(=O)N1CCC(C(=O)NC3CCN(Cc4ccccc4)CC3)CC1)C[C@H](C)O2. The molecule has 1 N–H and O–H groups in total. The Kier molecular flexibility index (Phi) is 7.46. The van der Waals surface area contributed by atoms with Gasteiger partial charge in [0.25, 0.3) is 0 Å². The molecular formula is C29H38N4O3. The maximum atomic E-state index is 13.4. The van der Waals surface area contributed by atoms with Crippen LogP contribution in [0.1, 0.15) is 43.7 Å². The van der Waals surface area contributed by atoms with Crippen LogP contribution in [0.15, 0.2) is 48.5 Å². The molecule has 2 fully saturated rings. The molecule has 7 nitrogen and oxygen atoms in total. The van der Waals surface area contributed by atoms with Crippen molar-refractivity contribution in [2.24, 2.45) is 5.92 Å². The van der Waals surface area contributed by atoms with Crippen molar-refractivity contribution < 1.29 is 14.3 Å². The van der Waals surface area contributed by atoms with Crippen molar-refractivity contribution in [3.05, 3.63) is 59.7 Å². The Morgan fingerprint density at radius 1 is 0.972 bits per heavy atom. The van der Waals surface area contributed by atoms with Crippen LogP contribution in [-0.2, 0) is 11.3 Å². The van der Waals surface area contributed by atoms with Crippen LogP contribution in [-0.4, -0.2) is 66.6 Å². The Balaban J connectivity index is 1.09. The van der Waals surface area contributed by atoms with Crippen molar-refractivity contribution in [1.29, 1.82) is 0 Å². The molecule has 0 aromatic heterocycles. The lowest BCUT2D eigenvalue weighted by molar-refractivity contribution is -0.127. The Labute approximate surface area is 214 Å². The number of amides is 3. The van der Waals surface area contributed by atoms with Crippen LogP contribution in [0.5, 0.6) is 5.75 Å². The summed E-state index contributed by atoms with van der Waals surface area (Å²) in [6.07, 6.45) is 3.36. The van der Waals surface area contributed by atoms with Crippen LogP contribution in [0.3, 0.4) is 0 Å². The third-order valence-corrected chi connectivity index (χ3v) is 7.72. The summed E-state index contributed by atoms with van der Waals surface area (Å²) in [6.45, 7) is 8.76. The van der Waals surface area contributed by atoms with Gasteiger partial charge in [0.1, 0.15) is 11.9 Å². The third-order valence-electron chi connectivity index (χ3n) is 7.72. The fraction of sp³-hybridized carbons (Fsp3) is 0.517. The summed E-state index contributed by atoms with van der Waals surface area (Å²) in [6, 6.07) is 16.8. The minimum absolute atomic E-state index is 0.0154. The predicted molar refractivity (Wildman–Crippen MR) is 141 cm³/mol. The van der Waals surface area contributed by atoms with E-state index in [1.54, 1.807) is 0 Å². The number of likely N-dealkylation sites (tertiary alicyclic amines) is 2. The number of benzene rings is 2. The highest BCUT2D eigenvalue weighted by molar-refractivity contribution is 5.94. The molecule has 2 aromatic rings. The quantitative estimate of drug-likeness (QED) is 0.698. The van der Waals surface area contributed by atoms with Gasteiger partial charge in [0, 0.05) is 44.7 Å². The summed E-state index contributed by atoms with van der Waals surface area (Å²) in [4.78, 5) is 32.6. The molecule has 0 bridgehead atoms. The monoisotopic (exact) mass is 490 g/mol. The molecule has 0 unspecified atom stereocenters.